The van der Waals surface area contributed by atoms with Crippen LogP contribution in [0, 0.1) is 10.1 Å². The molecule has 0 saturated carbocycles. The lowest BCUT2D eigenvalue weighted by Gasteiger charge is -2.14. The average molecular weight is 332 g/mol. The van der Waals surface area contributed by atoms with Crippen LogP contribution in [0.1, 0.15) is 28.9 Å². The molecule has 2 rings (SSSR count). The van der Waals surface area contributed by atoms with Gasteiger partial charge in [-0.25, -0.2) is 0 Å². The fourth-order valence-electron chi connectivity index (χ4n) is 2.13. The minimum Gasteiger partial charge on any atom is -0.345 e. The van der Waals surface area contributed by atoms with Crippen LogP contribution in [-0.4, -0.2) is 21.3 Å². The van der Waals surface area contributed by atoms with E-state index >= 15 is 0 Å². The molecule has 0 fully saturated rings. The molecule has 0 aliphatic heterocycles. The first-order valence-electron chi connectivity index (χ1n) is 6.88. The van der Waals surface area contributed by atoms with Gasteiger partial charge in [-0.1, -0.05) is 24.3 Å². The monoisotopic (exact) mass is 332 g/mol. The summed E-state index contributed by atoms with van der Waals surface area (Å²) in [6.45, 7) is 1.78. The van der Waals surface area contributed by atoms with Gasteiger partial charge >= 0.3 is 0 Å². The van der Waals surface area contributed by atoms with Crippen LogP contribution in [0.5, 0.6) is 0 Å². The second-order valence-electron chi connectivity index (χ2n) is 4.99. The molecule has 2 aromatic rings. The number of nitrogens with one attached hydrogen (secondary N) is 1. The molecule has 1 amide bonds. The largest absolute Gasteiger partial charge is 0.345 e. The number of carbonyl (C=O) groups excluding carboxylic acids is 1. The fraction of sp³-hybridized carbons (Fsp3) is 0.188. The van der Waals surface area contributed by atoms with Gasteiger partial charge in [0.05, 0.1) is 11.0 Å². The Labute approximate surface area is 136 Å². The summed E-state index contributed by atoms with van der Waals surface area (Å²) in [5.74, 6) is -0.507. The third-order valence-electron chi connectivity index (χ3n) is 3.40. The lowest BCUT2D eigenvalue weighted by Crippen LogP contribution is -2.27. The van der Waals surface area contributed by atoms with E-state index in [1.54, 1.807) is 43.5 Å². The minimum atomic E-state index is -1.06. The van der Waals surface area contributed by atoms with Crippen molar-refractivity contribution < 1.29 is 13.9 Å². The molecule has 0 aromatic heterocycles. The number of nitrogens with zero attached hydrogens (tertiary/aromatic N) is 1. The van der Waals surface area contributed by atoms with Crippen molar-refractivity contribution in [3.8, 4) is 0 Å². The molecule has 120 valence electrons. The smallest absolute Gasteiger partial charge is 0.282 e. The van der Waals surface area contributed by atoms with E-state index in [9.17, 15) is 19.1 Å². The predicted molar refractivity (Wildman–Crippen MR) is 87.8 cm³/mol. The van der Waals surface area contributed by atoms with Gasteiger partial charge in [-0.2, -0.15) is 0 Å². The number of carbonyl (C=O) groups is 1. The van der Waals surface area contributed by atoms with Crippen molar-refractivity contribution in [2.45, 2.75) is 17.9 Å². The van der Waals surface area contributed by atoms with Gasteiger partial charge in [-0.3, -0.25) is 19.1 Å². The summed E-state index contributed by atoms with van der Waals surface area (Å²) in [7, 11) is -1.06. The van der Waals surface area contributed by atoms with E-state index < -0.39 is 21.6 Å². The Kier molecular flexibility index (Phi) is 5.23. The summed E-state index contributed by atoms with van der Waals surface area (Å²) in [4.78, 5) is 23.4. The summed E-state index contributed by atoms with van der Waals surface area (Å²) >= 11 is 0. The second-order valence-corrected chi connectivity index (χ2v) is 6.37. The first kappa shape index (κ1) is 16.8. The van der Waals surface area contributed by atoms with E-state index in [1.807, 2.05) is 0 Å². The van der Waals surface area contributed by atoms with E-state index in [-0.39, 0.29) is 17.3 Å². The normalized spacial score (nSPS) is 13.1. The summed E-state index contributed by atoms with van der Waals surface area (Å²) in [5, 5.41) is 13.7. The quantitative estimate of drug-likeness (QED) is 0.673. The zero-order valence-electron chi connectivity index (χ0n) is 12.7. The Balaban J connectivity index is 2.17. The fourth-order valence-corrected chi connectivity index (χ4v) is 2.65. The lowest BCUT2D eigenvalue weighted by molar-refractivity contribution is -0.385. The van der Waals surface area contributed by atoms with Crippen molar-refractivity contribution in [1.29, 1.82) is 0 Å². The molecule has 0 spiro atoms. The number of nitro benzene ring substituents is 1. The molecular formula is C16H16N2O4S. The van der Waals surface area contributed by atoms with Gasteiger partial charge in [-0.05, 0) is 30.7 Å². The molecule has 0 heterocycles. The summed E-state index contributed by atoms with van der Waals surface area (Å²) in [5.41, 5.74) is 0.621. The average Bonchev–Trinajstić information content (AvgIpc) is 2.54. The molecule has 0 bridgehead atoms. The third-order valence-corrected chi connectivity index (χ3v) is 4.34. The van der Waals surface area contributed by atoms with Gasteiger partial charge in [0.25, 0.3) is 11.6 Å². The van der Waals surface area contributed by atoms with Gasteiger partial charge in [-0.15, -0.1) is 0 Å². The molecular weight excluding hydrogens is 316 g/mol. The molecule has 6 nitrogen and oxygen atoms in total. The number of hydrogen-bond donors (Lipinski definition) is 1. The molecule has 0 radical (unpaired) electrons. The van der Waals surface area contributed by atoms with Crippen LogP contribution in [0.15, 0.2) is 53.4 Å². The predicted octanol–water partition coefficient (Wildman–Crippen LogP) is 2.82. The second kappa shape index (κ2) is 7.15. The Bertz CT molecular complexity index is 759. The first-order chi connectivity index (χ1) is 10.9. The van der Waals surface area contributed by atoms with Gasteiger partial charge in [0, 0.05) is 28.0 Å². The van der Waals surface area contributed by atoms with Crippen LogP contribution in [0.4, 0.5) is 5.69 Å². The van der Waals surface area contributed by atoms with Crippen molar-refractivity contribution in [1.82, 2.24) is 5.32 Å². The number of benzene rings is 2. The van der Waals surface area contributed by atoms with Gasteiger partial charge < -0.3 is 5.32 Å². The Morgan fingerprint density at radius 2 is 1.78 bits per heavy atom. The standard InChI is InChI=1S/C16H16N2O4S/c1-11(12-7-9-13(10-8-12)23(2)22)17-16(19)14-5-3-4-6-15(14)18(20)21/h3-11H,1-2H3,(H,17,19). The molecule has 2 atom stereocenters. The summed E-state index contributed by atoms with van der Waals surface area (Å²) in [6, 6.07) is 12.5. The SMILES string of the molecule is CC(NC(=O)c1ccccc1[N+](=O)[O-])c1ccc(S(C)=O)cc1. The molecule has 0 aliphatic carbocycles. The van der Waals surface area contributed by atoms with Gasteiger partial charge in [0.2, 0.25) is 0 Å². The first-order valence-corrected chi connectivity index (χ1v) is 8.43. The number of para-hydroxylation sites is 1. The summed E-state index contributed by atoms with van der Waals surface area (Å²) < 4.78 is 11.4. The molecule has 7 heteroatoms. The molecule has 23 heavy (non-hydrogen) atoms. The third kappa shape index (κ3) is 4.01. The molecule has 0 aliphatic rings. The van der Waals surface area contributed by atoms with Gasteiger partial charge in [0.1, 0.15) is 5.56 Å². The topological polar surface area (TPSA) is 89.3 Å². The van der Waals surface area contributed by atoms with Crippen LogP contribution >= 0.6 is 0 Å². The maximum Gasteiger partial charge on any atom is 0.282 e. The van der Waals surface area contributed by atoms with Crippen molar-refractivity contribution in [2.75, 3.05) is 6.26 Å². The van der Waals surface area contributed by atoms with Crippen LogP contribution in [0.25, 0.3) is 0 Å². The highest BCUT2D eigenvalue weighted by atomic mass is 32.2. The van der Waals surface area contributed by atoms with E-state index in [2.05, 4.69) is 5.32 Å². The zero-order valence-corrected chi connectivity index (χ0v) is 13.5. The zero-order chi connectivity index (χ0) is 17.0. The van der Waals surface area contributed by atoms with E-state index in [1.165, 1.54) is 18.2 Å². The summed E-state index contributed by atoms with van der Waals surface area (Å²) in [6.07, 6.45) is 1.59. The minimum absolute atomic E-state index is 0.0237. The molecule has 2 aromatic carbocycles. The highest BCUT2D eigenvalue weighted by Gasteiger charge is 2.20. The van der Waals surface area contributed by atoms with Crippen LogP contribution in [0.2, 0.25) is 0 Å². The highest BCUT2D eigenvalue weighted by Crippen LogP contribution is 2.20. The number of amides is 1. The van der Waals surface area contributed by atoms with Gasteiger partial charge in [0.15, 0.2) is 0 Å². The highest BCUT2D eigenvalue weighted by molar-refractivity contribution is 7.84. The molecule has 0 saturated heterocycles. The van der Waals surface area contributed by atoms with Crippen molar-refractivity contribution >= 4 is 22.4 Å². The number of nitro groups is 1. The van der Waals surface area contributed by atoms with Crippen molar-refractivity contribution in [3.05, 3.63) is 69.8 Å². The van der Waals surface area contributed by atoms with Crippen LogP contribution in [-0.2, 0) is 10.8 Å². The van der Waals surface area contributed by atoms with Crippen LogP contribution in [0.3, 0.4) is 0 Å². The Morgan fingerprint density at radius 1 is 1.17 bits per heavy atom. The van der Waals surface area contributed by atoms with Crippen molar-refractivity contribution in [3.63, 3.8) is 0 Å². The number of hydrogen-bond acceptors (Lipinski definition) is 4. The lowest BCUT2D eigenvalue weighted by atomic mass is 10.1. The Morgan fingerprint density at radius 3 is 2.35 bits per heavy atom. The van der Waals surface area contributed by atoms with E-state index in [4.69, 9.17) is 0 Å². The maximum atomic E-state index is 12.3. The molecule has 1 N–H and O–H groups in total. The van der Waals surface area contributed by atoms with Crippen LogP contribution < -0.4 is 5.32 Å². The van der Waals surface area contributed by atoms with Crippen molar-refractivity contribution in [2.24, 2.45) is 0 Å². The molecule has 2 unspecified atom stereocenters. The maximum absolute atomic E-state index is 12.3. The number of rotatable bonds is 5. The van der Waals surface area contributed by atoms with E-state index in [0.717, 1.165) is 5.56 Å². The van der Waals surface area contributed by atoms with E-state index in [0.29, 0.717) is 4.90 Å². The Hall–Kier alpha value is -2.54.